The van der Waals surface area contributed by atoms with E-state index in [1.54, 1.807) is 18.2 Å². The molecule has 39 heavy (non-hydrogen) atoms. The van der Waals surface area contributed by atoms with E-state index in [2.05, 4.69) is 13.8 Å². The highest BCUT2D eigenvalue weighted by atomic mass is 16.5. The van der Waals surface area contributed by atoms with Gasteiger partial charge in [0.25, 0.3) is 11.7 Å². The van der Waals surface area contributed by atoms with Gasteiger partial charge in [-0.25, -0.2) is 0 Å². The molecule has 4 aromatic carbocycles. The fourth-order valence-electron chi connectivity index (χ4n) is 4.92. The summed E-state index contributed by atoms with van der Waals surface area (Å²) in [6.07, 6.45) is 0. The Balaban J connectivity index is 1.53. The van der Waals surface area contributed by atoms with Gasteiger partial charge < -0.3 is 9.84 Å². The van der Waals surface area contributed by atoms with Gasteiger partial charge in [0, 0.05) is 11.3 Å². The molecular formula is C34H31NO4. The van der Waals surface area contributed by atoms with Gasteiger partial charge in [0.2, 0.25) is 0 Å². The summed E-state index contributed by atoms with van der Waals surface area (Å²) >= 11 is 0. The Bertz CT molecular complexity index is 1520. The summed E-state index contributed by atoms with van der Waals surface area (Å²) in [6, 6.07) is 31.4. The van der Waals surface area contributed by atoms with Crippen LogP contribution in [0.4, 0.5) is 5.69 Å². The third-order valence-corrected chi connectivity index (χ3v) is 7.08. The van der Waals surface area contributed by atoms with Gasteiger partial charge in [0.1, 0.15) is 18.1 Å². The maximum absolute atomic E-state index is 13.4. The molecule has 0 aromatic heterocycles. The van der Waals surface area contributed by atoms with Crippen molar-refractivity contribution < 1.29 is 19.4 Å². The number of hydrogen-bond acceptors (Lipinski definition) is 4. The van der Waals surface area contributed by atoms with Crippen molar-refractivity contribution in [2.24, 2.45) is 0 Å². The molecule has 1 unspecified atom stereocenters. The van der Waals surface area contributed by atoms with Crippen LogP contribution in [0.3, 0.4) is 0 Å². The van der Waals surface area contributed by atoms with Crippen molar-refractivity contribution in [1.29, 1.82) is 0 Å². The summed E-state index contributed by atoms with van der Waals surface area (Å²) in [6.45, 7) is 6.51. The number of aryl methyl sites for hydroxylation is 1. The lowest BCUT2D eigenvalue weighted by molar-refractivity contribution is -0.132. The zero-order chi connectivity index (χ0) is 27.5. The number of amides is 1. The van der Waals surface area contributed by atoms with Crippen molar-refractivity contribution in [3.8, 4) is 5.75 Å². The molecule has 1 atom stereocenters. The number of hydrogen-bond donors (Lipinski definition) is 1. The number of carbonyl (C=O) groups is 2. The van der Waals surface area contributed by atoms with Gasteiger partial charge in [-0.05, 0) is 65.4 Å². The minimum atomic E-state index is -0.759. The van der Waals surface area contributed by atoms with E-state index in [9.17, 15) is 14.7 Å². The van der Waals surface area contributed by atoms with E-state index in [1.807, 2.05) is 91.9 Å². The van der Waals surface area contributed by atoms with Crippen molar-refractivity contribution in [2.75, 3.05) is 4.90 Å². The highest BCUT2D eigenvalue weighted by molar-refractivity contribution is 6.51. The van der Waals surface area contributed by atoms with Crippen LogP contribution in [-0.4, -0.2) is 16.8 Å². The summed E-state index contributed by atoms with van der Waals surface area (Å²) in [7, 11) is 0. The molecule has 0 spiro atoms. The van der Waals surface area contributed by atoms with Gasteiger partial charge in [0.05, 0.1) is 11.6 Å². The first-order chi connectivity index (χ1) is 18.8. The molecule has 1 N–H and O–H groups in total. The second-order valence-electron chi connectivity index (χ2n) is 10.1. The molecule has 0 saturated carbocycles. The van der Waals surface area contributed by atoms with Gasteiger partial charge in [-0.15, -0.1) is 0 Å². The molecule has 1 heterocycles. The number of benzene rings is 4. The molecule has 4 aromatic rings. The van der Waals surface area contributed by atoms with E-state index >= 15 is 0 Å². The second kappa shape index (κ2) is 11.0. The molecule has 0 radical (unpaired) electrons. The van der Waals surface area contributed by atoms with Gasteiger partial charge in [0.15, 0.2) is 0 Å². The molecule has 1 fully saturated rings. The predicted octanol–water partition coefficient (Wildman–Crippen LogP) is 7.32. The van der Waals surface area contributed by atoms with Crippen LogP contribution < -0.4 is 9.64 Å². The fraction of sp³-hybridized carbons (Fsp3) is 0.176. The number of rotatable bonds is 7. The van der Waals surface area contributed by atoms with Gasteiger partial charge >= 0.3 is 0 Å². The van der Waals surface area contributed by atoms with Crippen LogP contribution in [0.25, 0.3) is 5.76 Å². The monoisotopic (exact) mass is 517 g/mol. The number of ether oxygens (including phenoxy) is 1. The molecular weight excluding hydrogens is 486 g/mol. The first-order valence-electron chi connectivity index (χ1n) is 13.1. The summed E-state index contributed by atoms with van der Waals surface area (Å²) in [5, 5.41) is 11.5. The molecule has 1 amide bonds. The van der Waals surface area contributed by atoms with Crippen LogP contribution in [0, 0.1) is 6.92 Å². The van der Waals surface area contributed by atoms with Gasteiger partial charge in [-0.3, -0.25) is 14.5 Å². The quantitative estimate of drug-likeness (QED) is 0.158. The minimum Gasteiger partial charge on any atom is -0.507 e. The van der Waals surface area contributed by atoms with Gasteiger partial charge in [-0.2, -0.15) is 0 Å². The number of ketones is 1. The molecule has 5 heteroatoms. The zero-order valence-corrected chi connectivity index (χ0v) is 22.3. The predicted molar refractivity (Wildman–Crippen MR) is 154 cm³/mol. The van der Waals surface area contributed by atoms with Crippen molar-refractivity contribution in [1.82, 2.24) is 0 Å². The van der Waals surface area contributed by atoms with E-state index in [-0.39, 0.29) is 11.3 Å². The molecule has 1 aliphatic heterocycles. The summed E-state index contributed by atoms with van der Waals surface area (Å²) < 4.78 is 5.99. The van der Waals surface area contributed by atoms with E-state index in [0.717, 1.165) is 22.3 Å². The van der Waals surface area contributed by atoms with E-state index in [0.29, 0.717) is 29.5 Å². The summed E-state index contributed by atoms with van der Waals surface area (Å²) in [5.74, 6) is -0.567. The first kappa shape index (κ1) is 26.0. The molecule has 196 valence electrons. The average Bonchev–Trinajstić information content (AvgIpc) is 3.23. The highest BCUT2D eigenvalue weighted by Crippen LogP contribution is 2.42. The molecule has 1 saturated heterocycles. The zero-order valence-electron chi connectivity index (χ0n) is 22.3. The lowest BCUT2D eigenvalue weighted by Gasteiger charge is -2.26. The first-order valence-corrected chi connectivity index (χ1v) is 13.1. The third kappa shape index (κ3) is 5.21. The Labute approximate surface area is 229 Å². The Hall–Kier alpha value is -4.64. The van der Waals surface area contributed by atoms with Crippen LogP contribution in [0.5, 0.6) is 5.75 Å². The number of anilines is 1. The maximum Gasteiger partial charge on any atom is 0.300 e. The normalized spacial score (nSPS) is 16.6. The van der Waals surface area contributed by atoms with Crippen molar-refractivity contribution in [3.63, 3.8) is 0 Å². The lowest BCUT2D eigenvalue weighted by atomic mass is 9.94. The van der Waals surface area contributed by atoms with Crippen LogP contribution in [-0.2, 0) is 16.2 Å². The number of aliphatic hydroxyl groups excluding tert-OH is 1. The minimum absolute atomic E-state index is 0.0662. The Morgan fingerprint density at radius 1 is 0.872 bits per heavy atom. The summed E-state index contributed by atoms with van der Waals surface area (Å²) in [4.78, 5) is 28.3. The van der Waals surface area contributed by atoms with Crippen molar-refractivity contribution in [2.45, 2.75) is 39.3 Å². The third-order valence-electron chi connectivity index (χ3n) is 7.08. The number of aliphatic hydroxyl groups is 1. The molecule has 1 aliphatic rings. The topological polar surface area (TPSA) is 66.8 Å². The average molecular weight is 518 g/mol. The molecule has 5 nitrogen and oxygen atoms in total. The van der Waals surface area contributed by atoms with Crippen LogP contribution >= 0.6 is 0 Å². The largest absolute Gasteiger partial charge is 0.507 e. The Morgan fingerprint density at radius 3 is 2.13 bits per heavy atom. The maximum atomic E-state index is 13.4. The van der Waals surface area contributed by atoms with Crippen molar-refractivity contribution >= 4 is 23.1 Å². The van der Waals surface area contributed by atoms with E-state index in [1.165, 1.54) is 4.90 Å². The van der Waals surface area contributed by atoms with Crippen LogP contribution in [0.1, 0.15) is 53.6 Å². The standard InChI is InChI=1S/C34H31NO4/c1-22(2)25-14-17-28(18-15-25)35-31(26-12-8-5-9-13-26)30(33(37)34(35)38)32(36)27-16-19-29(23(3)20-27)39-21-24-10-6-4-7-11-24/h4-20,22,31,36H,21H2,1-3H3/b32-30-. The molecule has 0 bridgehead atoms. The fourth-order valence-corrected chi connectivity index (χ4v) is 4.92. The number of Topliss-reactive ketones (excluding diaryl/α,β-unsaturated/α-hetero) is 1. The van der Waals surface area contributed by atoms with Crippen LogP contribution in [0.2, 0.25) is 0 Å². The summed E-state index contributed by atoms with van der Waals surface area (Å²) in [5.41, 5.74) is 4.86. The van der Waals surface area contributed by atoms with Crippen LogP contribution in [0.15, 0.2) is 109 Å². The van der Waals surface area contributed by atoms with E-state index < -0.39 is 17.7 Å². The SMILES string of the molecule is Cc1cc(/C(O)=C2/C(=O)C(=O)N(c3ccc(C(C)C)cc3)C2c2ccccc2)ccc1OCc1ccccc1. The smallest absolute Gasteiger partial charge is 0.300 e. The Morgan fingerprint density at radius 2 is 1.51 bits per heavy atom. The lowest BCUT2D eigenvalue weighted by Crippen LogP contribution is -2.29. The number of nitrogens with zero attached hydrogens (tertiary/aromatic N) is 1. The Kier molecular flexibility index (Phi) is 7.33. The van der Waals surface area contributed by atoms with E-state index in [4.69, 9.17) is 4.74 Å². The molecule has 0 aliphatic carbocycles. The second-order valence-corrected chi connectivity index (χ2v) is 10.1. The van der Waals surface area contributed by atoms with Crippen molar-refractivity contribution in [3.05, 3.63) is 137 Å². The highest BCUT2D eigenvalue weighted by Gasteiger charge is 2.46. The molecule has 5 rings (SSSR count). The number of carbonyl (C=O) groups excluding carboxylic acids is 2. The van der Waals surface area contributed by atoms with Gasteiger partial charge in [-0.1, -0.05) is 86.6 Å².